The summed E-state index contributed by atoms with van der Waals surface area (Å²) in [5.41, 5.74) is 0. The van der Waals surface area contributed by atoms with Crippen LogP contribution in [-0.2, 0) is 11.0 Å². The summed E-state index contributed by atoms with van der Waals surface area (Å²) >= 11 is 0. The summed E-state index contributed by atoms with van der Waals surface area (Å²) in [6.45, 7) is 4.53. The van der Waals surface area contributed by atoms with E-state index in [1.54, 1.807) is 18.7 Å². The van der Waals surface area contributed by atoms with Gasteiger partial charge in [-0.25, -0.2) is 0 Å². The Hall–Kier alpha value is -1.60. The average molecular weight is 291 g/mol. The van der Waals surface area contributed by atoms with Gasteiger partial charge in [0.15, 0.2) is 0 Å². The molecule has 1 atom stereocenters. The molecule has 1 aliphatic rings. The molecule has 1 saturated heterocycles. The molecule has 1 aromatic heterocycles. The van der Waals surface area contributed by atoms with E-state index in [4.69, 9.17) is 4.42 Å². The minimum atomic E-state index is -4.63. The fraction of sp³-hybridized carbons (Fsp3) is 0.750. The molecule has 8 heteroatoms. The number of alkyl halides is 3. The summed E-state index contributed by atoms with van der Waals surface area (Å²) in [5.74, 6) is -1.85. The van der Waals surface area contributed by atoms with Crippen molar-refractivity contribution in [3.05, 3.63) is 11.8 Å². The van der Waals surface area contributed by atoms with Gasteiger partial charge in [0.1, 0.15) is 0 Å². The predicted octanol–water partition coefficient (Wildman–Crippen LogP) is 2.45. The number of carbonyl (C=O) groups is 1. The summed E-state index contributed by atoms with van der Waals surface area (Å²) in [6, 6.07) is 0. The number of likely N-dealkylation sites (tertiary alicyclic amines) is 1. The Morgan fingerprint density at radius 2 is 2.10 bits per heavy atom. The van der Waals surface area contributed by atoms with Crippen LogP contribution in [0.2, 0.25) is 0 Å². The molecule has 0 aliphatic carbocycles. The largest absolute Gasteiger partial charge is 0.470 e. The molecule has 1 unspecified atom stereocenters. The lowest BCUT2D eigenvalue weighted by molar-refractivity contribution is -0.157. The molecule has 2 rings (SSSR count). The highest BCUT2D eigenvalue weighted by Gasteiger charge is 2.39. The topological polar surface area (TPSA) is 59.2 Å². The van der Waals surface area contributed by atoms with Crippen molar-refractivity contribution in [1.82, 2.24) is 15.1 Å². The van der Waals surface area contributed by atoms with Crippen LogP contribution >= 0.6 is 0 Å². The normalized spacial score (nSPS) is 20.5. The first-order chi connectivity index (χ1) is 9.29. The third-order valence-electron chi connectivity index (χ3n) is 3.26. The highest BCUT2D eigenvalue weighted by molar-refractivity contribution is 5.78. The second kappa shape index (κ2) is 5.41. The summed E-state index contributed by atoms with van der Waals surface area (Å²) in [7, 11) is 0. The van der Waals surface area contributed by atoms with E-state index >= 15 is 0 Å². The van der Waals surface area contributed by atoms with E-state index < -0.39 is 12.1 Å². The number of carbonyl (C=O) groups excluding carboxylic acids is 1. The van der Waals surface area contributed by atoms with Crippen LogP contribution in [0.25, 0.3) is 0 Å². The molecule has 1 amide bonds. The lowest BCUT2D eigenvalue weighted by atomic mass is 9.97. The SMILES string of the molecule is CC(C)C(=O)N1CCCC(c2nnc(C(F)(F)F)o2)C1. The van der Waals surface area contributed by atoms with E-state index in [0.29, 0.717) is 25.9 Å². The minimum Gasteiger partial charge on any atom is -0.417 e. The molecule has 0 saturated carbocycles. The third kappa shape index (κ3) is 3.10. The van der Waals surface area contributed by atoms with Gasteiger partial charge in [0.2, 0.25) is 11.8 Å². The van der Waals surface area contributed by atoms with Gasteiger partial charge in [0.25, 0.3) is 0 Å². The number of amides is 1. The van der Waals surface area contributed by atoms with Gasteiger partial charge in [-0.05, 0) is 12.8 Å². The zero-order valence-corrected chi connectivity index (χ0v) is 11.3. The van der Waals surface area contributed by atoms with Gasteiger partial charge >= 0.3 is 12.1 Å². The first kappa shape index (κ1) is 14.8. The van der Waals surface area contributed by atoms with Crippen molar-refractivity contribution < 1.29 is 22.4 Å². The monoisotopic (exact) mass is 291 g/mol. The van der Waals surface area contributed by atoms with Crippen molar-refractivity contribution in [3.63, 3.8) is 0 Å². The number of nitrogens with zero attached hydrogens (tertiary/aromatic N) is 3. The molecule has 1 aliphatic heterocycles. The van der Waals surface area contributed by atoms with Gasteiger partial charge in [0, 0.05) is 19.0 Å². The Balaban J connectivity index is 2.09. The number of hydrogen-bond donors (Lipinski definition) is 0. The van der Waals surface area contributed by atoms with Crippen molar-refractivity contribution in [2.75, 3.05) is 13.1 Å². The summed E-state index contributed by atoms with van der Waals surface area (Å²) < 4.78 is 41.9. The van der Waals surface area contributed by atoms with Gasteiger partial charge < -0.3 is 9.32 Å². The molecule has 0 aromatic carbocycles. The Morgan fingerprint density at radius 3 is 2.65 bits per heavy atom. The van der Waals surface area contributed by atoms with E-state index in [2.05, 4.69) is 10.2 Å². The van der Waals surface area contributed by atoms with Crippen LogP contribution in [0, 0.1) is 5.92 Å². The summed E-state index contributed by atoms with van der Waals surface area (Å²) in [6.07, 6.45) is -3.28. The molecule has 0 N–H and O–H groups in total. The van der Waals surface area contributed by atoms with E-state index in [9.17, 15) is 18.0 Å². The van der Waals surface area contributed by atoms with Crippen LogP contribution < -0.4 is 0 Å². The van der Waals surface area contributed by atoms with E-state index in [-0.39, 0.29) is 23.6 Å². The fourth-order valence-corrected chi connectivity index (χ4v) is 2.26. The lowest BCUT2D eigenvalue weighted by Gasteiger charge is -2.32. The maximum atomic E-state index is 12.4. The standard InChI is InChI=1S/C12H16F3N3O2/c1-7(2)10(19)18-5-3-4-8(6-18)9-16-17-11(20-9)12(13,14)15/h7-8H,3-6H2,1-2H3. The van der Waals surface area contributed by atoms with Gasteiger partial charge in [-0.1, -0.05) is 13.8 Å². The number of aromatic nitrogens is 2. The van der Waals surface area contributed by atoms with Gasteiger partial charge in [0.05, 0.1) is 5.92 Å². The van der Waals surface area contributed by atoms with Crippen LogP contribution in [0.15, 0.2) is 4.42 Å². The molecule has 1 fully saturated rings. The molecule has 0 bridgehead atoms. The van der Waals surface area contributed by atoms with Gasteiger partial charge in [-0.15, -0.1) is 10.2 Å². The number of rotatable bonds is 2. The third-order valence-corrected chi connectivity index (χ3v) is 3.26. The van der Waals surface area contributed by atoms with Gasteiger partial charge in [-0.3, -0.25) is 4.79 Å². The van der Waals surface area contributed by atoms with E-state index in [1.807, 2.05) is 0 Å². The zero-order valence-electron chi connectivity index (χ0n) is 11.3. The Morgan fingerprint density at radius 1 is 1.40 bits per heavy atom. The van der Waals surface area contributed by atoms with Gasteiger partial charge in [-0.2, -0.15) is 13.2 Å². The van der Waals surface area contributed by atoms with Crippen molar-refractivity contribution in [2.45, 2.75) is 38.8 Å². The number of halogens is 3. The maximum absolute atomic E-state index is 12.4. The van der Waals surface area contributed by atoms with Crippen molar-refractivity contribution in [1.29, 1.82) is 0 Å². The first-order valence-corrected chi connectivity index (χ1v) is 6.48. The number of piperidine rings is 1. The molecule has 112 valence electrons. The van der Waals surface area contributed by atoms with Crippen LogP contribution in [-0.4, -0.2) is 34.1 Å². The van der Waals surface area contributed by atoms with Crippen LogP contribution in [0.5, 0.6) is 0 Å². The van der Waals surface area contributed by atoms with Crippen LogP contribution in [0.4, 0.5) is 13.2 Å². The zero-order chi connectivity index (χ0) is 14.9. The molecule has 20 heavy (non-hydrogen) atoms. The molecule has 0 spiro atoms. The highest BCUT2D eigenvalue weighted by atomic mass is 19.4. The Labute approximate surface area is 114 Å². The first-order valence-electron chi connectivity index (χ1n) is 6.48. The summed E-state index contributed by atoms with van der Waals surface area (Å²) in [4.78, 5) is 13.6. The summed E-state index contributed by atoms with van der Waals surface area (Å²) in [5, 5.41) is 6.49. The van der Waals surface area contributed by atoms with Crippen molar-refractivity contribution in [2.24, 2.45) is 5.92 Å². The quantitative estimate of drug-likeness (QED) is 0.839. The molecule has 2 heterocycles. The Bertz CT molecular complexity index is 485. The molecular formula is C12H16F3N3O2. The maximum Gasteiger partial charge on any atom is 0.470 e. The molecular weight excluding hydrogens is 275 g/mol. The Kier molecular flexibility index (Phi) is 4.01. The van der Waals surface area contributed by atoms with Crippen LogP contribution in [0.1, 0.15) is 44.4 Å². The minimum absolute atomic E-state index is 0.00902. The number of hydrogen-bond acceptors (Lipinski definition) is 4. The van der Waals surface area contributed by atoms with E-state index in [0.717, 1.165) is 0 Å². The van der Waals surface area contributed by atoms with E-state index in [1.165, 1.54) is 0 Å². The average Bonchev–Trinajstić information content (AvgIpc) is 2.87. The fourth-order valence-electron chi connectivity index (χ4n) is 2.26. The molecule has 5 nitrogen and oxygen atoms in total. The van der Waals surface area contributed by atoms with Crippen LogP contribution in [0.3, 0.4) is 0 Å². The molecule has 1 aromatic rings. The molecule has 0 radical (unpaired) electrons. The second-order valence-corrected chi connectivity index (χ2v) is 5.22. The predicted molar refractivity (Wildman–Crippen MR) is 62.7 cm³/mol. The second-order valence-electron chi connectivity index (χ2n) is 5.22. The van der Waals surface area contributed by atoms with Crippen molar-refractivity contribution in [3.8, 4) is 0 Å². The smallest absolute Gasteiger partial charge is 0.417 e. The lowest BCUT2D eigenvalue weighted by Crippen LogP contribution is -2.41. The highest BCUT2D eigenvalue weighted by Crippen LogP contribution is 2.32. The van der Waals surface area contributed by atoms with Crippen molar-refractivity contribution >= 4 is 5.91 Å².